The van der Waals surface area contributed by atoms with Crippen LogP contribution in [0.15, 0.2) is 54.9 Å². The fraction of sp³-hybridized carbons (Fsp3) is 0.0625. The van der Waals surface area contributed by atoms with Gasteiger partial charge in [-0.1, -0.05) is 29.8 Å². The average molecular weight is 314 g/mol. The van der Waals surface area contributed by atoms with Crippen molar-refractivity contribution in [3.8, 4) is 0 Å². The van der Waals surface area contributed by atoms with Crippen LogP contribution in [0.4, 0.5) is 0 Å². The molecule has 2 heterocycles. The van der Waals surface area contributed by atoms with Crippen molar-refractivity contribution in [1.29, 1.82) is 0 Å². The van der Waals surface area contributed by atoms with Gasteiger partial charge in [0, 0.05) is 11.8 Å². The van der Waals surface area contributed by atoms with Crippen LogP contribution in [0.3, 0.4) is 0 Å². The molecule has 0 bridgehead atoms. The zero-order chi connectivity index (χ0) is 15.5. The number of imidazole rings is 1. The number of rotatable bonds is 4. The van der Waals surface area contributed by atoms with Crippen molar-refractivity contribution in [3.63, 3.8) is 0 Å². The quantitative estimate of drug-likeness (QED) is 0.753. The van der Waals surface area contributed by atoms with E-state index in [1.807, 2.05) is 6.07 Å². The molecule has 1 amide bonds. The minimum absolute atomic E-state index is 0.103. The zero-order valence-corrected chi connectivity index (χ0v) is 12.2. The van der Waals surface area contributed by atoms with Crippen LogP contribution in [-0.4, -0.2) is 27.6 Å². The molecule has 1 N–H and O–H groups in total. The number of hydrogen-bond donors (Lipinski definition) is 1. The number of benzene rings is 1. The fourth-order valence-electron chi connectivity index (χ4n) is 2.10. The molecule has 3 aromatic rings. The van der Waals surface area contributed by atoms with Crippen molar-refractivity contribution < 1.29 is 9.59 Å². The number of amides is 1. The predicted molar refractivity (Wildman–Crippen MR) is 83.3 cm³/mol. The number of ketones is 1. The lowest BCUT2D eigenvalue weighted by Crippen LogP contribution is -2.30. The van der Waals surface area contributed by atoms with Gasteiger partial charge in [-0.3, -0.25) is 14.0 Å². The number of carbonyl (C=O) groups is 2. The molecule has 0 atom stereocenters. The molecule has 0 spiro atoms. The monoisotopic (exact) mass is 313 g/mol. The summed E-state index contributed by atoms with van der Waals surface area (Å²) in [5, 5.41) is 3.11. The molecule has 5 nitrogen and oxygen atoms in total. The van der Waals surface area contributed by atoms with Gasteiger partial charge in [0.15, 0.2) is 5.78 Å². The minimum Gasteiger partial charge on any atom is -0.345 e. The smallest absolute Gasteiger partial charge is 0.251 e. The van der Waals surface area contributed by atoms with Crippen LogP contribution in [0.5, 0.6) is 0 Å². The molecule has 1 aromatic carbocycles. The molecule has 0 aliphatic carbocycles. The molecule has 0 saturated heterocycles. The molecule has 2 aromatic heterocycles. The Morgan fingerprint density at radius 1 is 1.14 bits per heavy atom. The van der Waals surface area contributed by atoms with Crippen LogP contribution in [0.1, 0.15) is 20.8 Å². The zero-order valence-electron chi connectivity index (χ0n) is 11.5. The van der Waals surface area contributed by atoms with Gasteiger partial charge in [0.25, 0.3) is 5.91 Å². The van der Waals surface area contributed by atoms with Crippen molar-refractivity contribution in [3.05, 3.63) is 71.1 Å². The summed E-state index contributed by atoms with van der Waals surface area (Å²) in [6.07, 6.45) is 3.10. The first-order valence-electron chi connectivity index (χ1n) is 6.64. The Morgan fingerprint density at radius 3 is 2.68 bits per heavy atom. The Morgan fingerprint density at radius 2 is 1.91 bits per heavy atom. The van der Waals surface area contributed by atoms with E-state index in [0.29, 0.717) is 21.9 Å². The Kier molecular flexibility index (Phi) is 3.89. The maximum Gasteiger partial charge on any atom is 0.251 e. The third-order valence-electron chi connectivity index (χ3n) is 3.20. The molecular formula is C16H12ClN3O2. The first-order valence-corrected chi connectivity index (χ1v) is 7.02. The number of nitrogens with one attached hydrogen (secondary N) is 1. The highest BCUT2D eigenvalue weighted by atomic mass is 35.5. The second-order valence-corrected chi connectivity index (χ2v) is 5.13. The average Bonchev–Trinajstić information content (AvgIpc) is 2.96. The molecule has 3 rings (SSSR count). The van der Waals surface area contributed by atoms with Crippen LogP contribution in [0.25, 0.3) is 5.65 Å². The maximum atomic E-state index is 12.2. The fourth-order valence-corrected chi connectivity index (χ4v) is 2.26. The molecule has 0 unspecified atom stereocenters. The van der Waals surface area contributed by atoms with E-state index in [1.165, 1.54) is 6.20 Å². The highest BCUT2D eigenvalue weighted by molar-refractivity contribution is 6.30. The SMILES string of the molecule is O=C(NCC(=O)c1cnc2ccc(Cl)cn12)c1ccccc1. The highest BCUT2D eigenvalue weighted by Gasteiger charge is 2.14. The van der Waals surface area contributed by atoms with Gasteiger partial charge in [0.2, 0.25) is 0 Å². The van der Waals surface area contributed by atoms with E-state index in [9.17, 15) is 9.59 Å². The summed E-state index contributed by atoms with van der Waals surface area (Å²) in [7, 11) is 0. The van der Waals surface area contributed by atoms with Gasteiger partial charge in [-0.15, -0.1) is 0 Å². The summed E-state index contributed by atoms with van der Waals surface area (Å²) in [6, 6.07) is 12.2. The van der Waals surface area contributed by atoms with Crippen LogP contribution in [-0.2, 0) is 0 Å². The number of carbonyl (C=O) groups excluding carboxylic acids is 2. The van der Waals surface area contributed by atoms with Crippen molar-refractivity contribution in [2.45, 2.75) is 0 Å². The summed E-state index contributed by atoms with van der Waals surface area (Å²) in [4.78, 5) is 28.3. The van der Waals surface area contributed by atoms with Gasteiger partial charge in [-0.2, -0.15) is 0 Å². The van der Waals surface area contributed by atoms with Crippen LogP contribution in [0.2, 0.25) is 5.02 Å². The van der Waals surface area contributed by atoms with Gasteiger partial charge in [-0.25, -0.2) is 4.98 Å². The number of hydrogen-bond acceptors (Lipinski definition) is 3. The van der Waals surface area contributed by atoms with E-state index in [4.69, 9.17) is 11.6 Å². The number of aromatic nitrogens is 2. The number of fused-ring (bicyclic) bond motifs is 1. The molecule has 0 aliphatic rings. The Bertz CT molecular complexity index is 843. The minimum atomic E-state index is -0.291. The standard InChI is InChI=1S/C16H12ClN3O2/c17-12-6-7-15-18-8-13(20(15)10-12)14(21)9-19-16(22)11-4-2-1-3-5-11/h1-8,10H,9H2,(H,19,22). The van der Waals surface area contributed by atoms with E-state index in [1.54, 1.807) is 47.0 Å². The Balaban J connectivity index is 1.74. The topological polar surface area (TPSA) is 63.5 Å². The van der Waals surface area contributed by atoms with Gasteiger partial charge >= 0.3 is 0 Å². The molecule has 110 valence electrons. The van der Waals surface area contributed by atoms with Gasteiger partial charge < -0.3 is 5.32 Å². The van der Waals surface area contributed by atoms with Crippen LogP contribution in [0, 0.1) is 0 Å². The van der Waals surface area contributed by atoms with Crippen LogP contribution < -0.4 is 5.32 Å². The molecule has 6 heteroatoms. The maximum absolute atomic E-state index is 12.2. The van der Waals surface area contributed by atoms with Gasteiger partial charge in [0.05, 0.1) is 17.8 Å². The lowest BCUT2D eigenvalue weighted by atomic mass is 10.2. The van der Waals surface area contributed by atoms with Crippen LogP contribution >= 0.6 is 11.6 Å². The number of Topliss-reactive ketones (excluding diaryl/α,β-unsaturated/α-hetero) is 1. The molecule has 0 aliphatic heterocycles. The summed E-state index contributed by atoms with van der Waals surface area (Å²) in [6.45, 7) is -0.103. The Labute approximate surface area is 131 Å². The third kappa shape index (κ3) is 2.84. The van der Waals surface area contributed by atoms with E-state index in [-0.39, 0.29) is 18.2 Å². The number of nitrogens with zero attached hydrogens (tertiary/aromatic N) is 2. The lowest BCUT2D eigenvalue weighted by molar-refractivity contribution is 0.0902. The highest BCUT2D eigenvalue weighted by Crippen LogP contribution is 2.13. The van der Waals surface area contributed by atoms with Gasteiger partial charge in [-0.05, 0) is 24.3 Å². The predicted octanol–water partition coefficient (Wildman–Crippen LogP) is 2.60. The lowest BCUT2D eigenvalue weighted by Gasteiger charge is -2.05. The molecule has 0 radical (unpaired) electrons. The first-order chi connectivity index (χ1) is 10.6. The van der Waals surface area contributed by atoms with E-state index >= 15 is 0 Å². The van der Waals surface area contributed by atoms with E-state index in [2.05, 4.69) is 10.3 Å². The van der Waals surface area contributed by atoms with E-state index in [0.717, 1.165) is 0 Å². The summed E-state index contributed by atoms with van der Waals surface area (Å²) in [5.41, 5.74) is 1.52. The normalized spacial score (nSPS) is 10.6. The summed E-state index contributed by atoms with van der Waals surface area (Å²) < 4.78 is 1.61. The third-order valence-corrected chi connectivity index (χ3v) is 3.42. The van der Waals surface area contributed by atoms with Crippen molar-refractivity contribution >= 4 is 28.9 Å². The van der Waals surface area contributed by atoms with Crippen molar-refractivity contribution in [2.24, 2.45) is 0 Å². The molecular weight excluding hydrogens is 302 g/mol. The van der Waals surface area contributed by atoms with Gasteiger partial charge in [0.1, 0.15) is 11.3 Å². The largest absolute Gasteiger partial charge is 0.345 e. The number of halogens is 1. The number of pyridine rings is 1. The molecule has 22 heavy (non-hydrogen) atoms. The first kappa shape index (κ1) is 14.3. The second kappa shape index (κ2) is 5.99. The Hall–Kier alpha value is -2.66. The molecule has 0 saturated carbocycles. The van der Waals surface area contributed by atoms with Crippen molar-refractivity contribution in [1.82, 2.24) is 14.7 Å². The summed E-state index contributed by atoms with van der Waals surface area (Å²) in [5.74, 6) is -0.528. The summed E-state index contributed by atoms with van der Waals surface area (Å²) >= 11 is 5.93. The molecule has 0 fully saturated rings. The van der Waals surface area contributed by atoms with Crippen molar-refractivity contribution in [2.75, 3.05) is 6.54 Å². The van der Waals surface area contributed by atoms with E-state index < -0.39 is 0 Å². The second-order valence-electron chi connectivity index (χ2n) is 4.69.